The second-order valence-corrected chi connectivity index (χ2v) is 19.0. The normalized spacial score (nSPS) is 16.1. The van der Waals surface area contributed by atoms with Crippen molar-refractivity contribution < 1.29 is 36.7 Å². The Balaban J connectivity index is 0.731. The molecule has 4 amide bonds. The topological polar surface area (TPSA) is 193 Å². The van der Waals surface area contributed by atoms with Crippen molar-refractivity contribution in [2.75, 3.05) is 90.4 Å². The van der Waals surface area contributed by atoms with Crippen molar-refractivity contribution in [1.82, 2.24) is 55.0 Å². The molecular formula is C53H56F4N12O5. The Kier molecular flexibility index (Phi) is 16.1. The third-order valence-corrected chi connectivity index (χ3v) is 13.8. The molecule has 74 heavy (non-hydrogen) atoms. The van der Waals surface area contributed by atoms with Gasteiger partial charge in [-0.25, -0.2) is 24.4 Å². The number of fused-ring (bicyclic) bond motifs is 1. The third-order valence-electron chi connectivity index (χ3n) is 13.8. The number of hydrogen-bond donors (Lipinski definition) is 3. The Hall–Kier alpha value is -7.49. The maximum atomic E-state index is 15.1. The maximum Gasteiger partial charge on any atom is 0.393 e. The van der Waals surface area contributed by atoms with Gasteiger partial charge in [-0.15, -0.1) is 0 Å². The minimum atomic E-state index is -4.39. The van der Waals surface area contributed by atoms with Crippen molar-refractivity contribution in [1.29, 1.82) is 0 Å². The number of alkyl halides is 3. The molecule has 0 aliphatic carbocycles. The lowest BCUT2D eigenvalue weighted by Crippen LogP contribution is -2.55. The molecule has 9 rings (SSSR count). The number of likely N-dealkylation sites (tertiary alicyclic amines) is 1. The van der Waals surface area contributed by atoms with Crippen LogP contribution in [0, 0.1) is 11.7 Å². The highest BCUT2D eigenvalue weighted by atomic mass is 19.4. The average Bonchev–Trinajstić information content (AvgIpc) is 3.40. The molecule has 3 fully saturated rings. The van der Waals surface area contributed by atoms with Crippen LogP contribution in [0.15, 0.2) is 102 Å². The number of piperidine rings is 1. The first-order chi connectivity index (χ1) is 35.7. The summed E-state index contributed by atoms with van der Waals surface area (Å²) in [5, 5.41) is 13.7. The highest BCUT2D eigenvalue weighted by Gasteiger charge is 2.32. The number of halogens is 4. The molecule has 3 aromatic carbocycles. The van der Waals surface area contributed by atoms with Crippen molar-refractivity contribution >= 4 is 40.1 Å². The number of carbonyl (C=O) groups excluding carboxylic acids is 4. The van der Waals surface area contributed by atoms with Crippen LogP contribution in [-0.2, 0) is 29.0 Å². The number of benzene rings is 3. The lowest BCUT2D eigenvalue weighted by molar-refractivity contribution is -0.134. The molecule has 21 heteroatoms. The van der Waals surface area contributed by atoms with Crippen molar-refractivity contribution in [3.8, 4) is 11.1 Å². The number of H-pyrrole nitrogens is 1. The van der Waals surface area contributed by atoms with E-state index in [0.717, 1.165) is 32.5 Å². The number of piperazine rings is 2. The van der Waals surface area contributed by atoms with Gasteiger partial charge >= 0.3 is 6.18 Å². The number of rotatable bonds is 15. The van der Waals surface area contributed by atoms with Crippen LogP contribution in [-0.4, -0.2) is 165 Å². The molecule has 0 unspecified atom stereocenters. The van der Waals surface area contributed by atoms with E-state index in [4.69, 9.17) is 0 Å². The molecule has 0 atom stereocenters. The largest absolute Gasteiger partial charge is 0.393 e. The van der Waals surface area contributed by atoms with Gasteiger partial charge in [-0.3, -0.25) is 28.9 Å². The number of aromatic nitrogens is 5. The summed E-state index contributed by atoms with van der Waals surface area (Å²) in [5.41, 5.74) is 2.76. The molecule has 3 N–H and O–H groups in total. The van der Waals surface area contributed by atoms with Crippen LogP contribution in [0.5, 0.6) is 0 Å². The zero-order valence-electron chi connectivity index (χ0n) is 40.6. The van der Waals surface area contributed by atoms with Gasteiger partial charge in [0.1, 0.15) is 12.1 Å². The summed E-state index contributed by atoms with van der Waals surface area (Å²) in [5.74, 6) is -1.57. The monoisotopic (exact) mass is 1020 g/mol. The zero-order chi connectivity index (χ0) is 51.8. The first-order valence-corrected chi connectivity index (χ1v) is 24.7. The Bertz CT molecular complexity index is 3040. The lowest BCUT2D eigenvalue weighted by atomic mass is 9.95. The van der Waals surface area contributed by atoms with Crippen LogP contribution >= 0.6 is 0 Å². The van der Waals surface area contributed by atoms with E-state index in [2.05, 4.69) is 45.6 Å². The molecule has 3 aliphatic heterocycles. The second-order valence-electron chi connectivity index (χ2n) is 19.0. The molecule has 0 radical (unpaired) electrons. The van der Waals surface area contributed by atoms with Crippen LogP contribution in [0.3, 0.4) is 0 Å². The van der Waals surface area contributed by atoms with E-state index in [1.165, 1.54) is 42.9 Å². The highest BCUT2D eigenvalue weighted by molar-refractivity contribution is 6.03. The summed E-state index contributed by atoms with van der Waals surface area (Å²) in [6.07, 6.45) is 0.727. The fourth-order valence-electron chi connectivity index (χ4n) is 9.83. The summed E-state index contributed by atoms with van der Waals surface area (Å²) in [6, 6.07) is 20.8. The SMILES string of the molecule is O=C(CNCc1ccncn1)Nc1cc(-c2cccc(CC(F)(F)F)c2)cnc1C(=O)N1CCC(CN2CCN(CC(=O)N3CCN(C(=O)c4cc(Cc5n[nH]c(=O)c6ccccc56)ccc4F)CC3)CC2)CC1. The van der Waals surface area contributed by atoms with Gasteiger partial charge < -0.3 is 30.2 Å². The van der Waals surface area contributed by atoms with E-state index in [1.54, 1.807) is 63.4 Å². The summed E-state index contributed by atoms with van der Waals surface area (Å²) >= 11 is 0. The van der Waals surface area contributed by atoms with Crippen molar-refractivity contribution in [3.05, 3.63) is 148 Å². The van der Waals surface area contributed by atoms with E-state index in [9.17, 15) is 37.1 Å². The molecule has 6 heterocycles. The maximum absolute atomic E-state index is 15.1. The Labute approximate surface area is 424 Å². The summed E-state index contributed by atoms with van der Waals surface area (Å²) in [4.78, 5) is 88.7. The molecule has 386 valence electrons. The Morgan fingerprint density at radius 3 is 2.20 bits per heavy atom. The molecule has 3 saturated heterocycles. The van der Waals surface area contributed by atoms with E-state index in [1.807, 2.05) is 6.07 Å². The van der Waals surface area contributed by atoms with Crippen LogP contribution in [0.2, 0.25) is 0 Å². The molecular weight excluding hydrogens is 961 g/mol. The lowest BCUT2D eigenvalue weighted by Gasteiger charge is -2.40. The van der Waals surface area contributed by atoms with Gasteiger partial charge in [-0.1, -0.05) is 48.5 Å². The van der Waals surface area contributed by atoms with Gasteiger partial charge in [0.15, 0.2) is 5.69 Å². The van der Waals surface area contributed by atoms with Gasteiger partial charge in [0.25, 0.3) is 17.4 Å². The number of nitrogens with zero attached hydrogens (tertiary/aromatic N) is 9. The van der Waals surface area contributed by atoms with Crippen LogP contribution in [0.25, 0.3) is 21.9 Å². The van der Waals surface area contributed by atoms with Crippen LogP contribution in [0.4, 0.5) is 23.2 Å². The summed E-state index contributed by atoms with van der Waals surface area (Å²) in [6.45, 7) is 6.43. The first kappa shape index (κ1) is 51.4. The van der Waals surface area contributed by atoms with E-state index in [-0.39, 0.29) is 72.5 Å². The molecule has 17 nitrogen and oxygen atoms in total. The number of anilines is 1. The van der Waals surface area contributed by atoms with Crippen LogP contribution in [0.1, 0.15) is 56.2 Å². The minimum Gasteiger partial charge on any atom is -0.338 e. The van der Waals surface area contributed by atoms with Crippen LogP contribution < -0.4 is 16.2 Å². The van der Waals surface area contributed by atoms with Crippen molar-refractivity contribution in [2.45, 2.75) is 38.4 Å². The number of amides is 4. The van der Waals surface area contributed by atoms with Crippen molar-refractivity contribution in [2.24, 2.45) is 5.92 Å². The van der Waals surface area contributed by atoms with Gasteiger partial charge in [0.05, 0.1) is 47.5 Å². The van der Waals surface area contributed by atoms with Gasteiger partial charge in [-0.05, 0) is 65.8 Å². The molecule has 6 aromatic rings. The van der Waals surface area contributed by atoms with E-state index < -0.39 is 30.2 Å². The third kappa shape index (κ3) is 13.0. The minimum absolute atomic E-state index is 0.0198. The van der Waals surface area contributed by atoms with Gasteiger partial charge in [0.2, 0.25) is 11.8 Å². The number of carbonyl (C=O) groups is 4. The second kappa shape index (κ2) is 23.2. The molecule has 0 bridgehead atoms. The van der Waals surface area contributed by atoms with E-state index in [0.29, 0.717) is 90.6 Å². The number of hydrogen-bond acceptors (Lipinski definition) is 12. The highest BCUT2D eigenvalue weighted by Crippen LogP contribution is 2.30. The number of pyridine rings is 1. The molecule has 3 aliphatic rings. The zero-order valence-corrected chi connectivity index (χ0v) is 40.6. The average molecular weight is 1020 g/mol. The molecule has 0 spiro atoms. The van der Waals surface area contributed by atoms with Gasteiger partial charge in [-0.2, -0.15) is 18.3 Å². The standard InChI is InChI=1S/C53H56F4N12O5/c54-44-9-8-36(26-45-41-6-1-2-7-42(41)50(72)64-63-45)25-43(44)51(73)69-22-20-67(21-23-69)48(71)33-66-18-16-65(17-19-66)32-35-11-14-68(15-12-35)52(74)49-46(62-47(70)31-59-30-40-10-13-58-34-61-40)27-39(29-60-49)38-5-3-4-37(24-38)28-53(55,56)57/h1-10,13,24-25,27,29,34-35,59H,11-12,14-23,26,28,30-33H2,(H,62,70)(H,64,72). The smallest absolute Gasteiger partial charge is 0.338 e. The van der Waals surface area contributed by atoms with Crippen molar-refractivity contribution in [3.63, 3.8) is 0 Å². The van der Waals surface area contributed by atoms with E-state index >= 15 is 4.39 Å². The predicted molar refractivity (Wildman–Crippen MR) is 267 cm³/mol. The predicted octanol–water partition coefficient (Wildman–Crippen LogP) is 4.79. The van der Waals surface area contributed by atoms with Gasteiger partial charge in [0, 0.05) is 108 Å². The Morgan fingerprint density at radius 2 is 1.46 bits per heavy atom. The molecule has 3 aromatic heterocycles. The summed E-state index contributed by atoms with van der Waals surface area (Å²) < 4.78 is 54.8. The fraction of sp³-hybridized carbons (Fsp3) is 0.377. The quantitative estimate of drug-likeness (QED) is 0.119. The number of nitrogens with one attached hydrogen (secondary N) is 3. The number of aromatic amines is 1. The first-order valence-electron chi connectivity index (χ1n) is 24.7. The summed E-state index contributed by atoms with van der Waals surface area (Å²) in [7, 11) is 0. The molecule has 0 saturated carbocycles. The fourth-order valence-corrected chi connectivity index (χ4v) is 9.83. The Morgan fingerprint density at radius 1 is 0.730 bits per heavy atom.